The van der Waals surface area contributed by atoms with Crippen LogP contribution in [0, 0.1) is 12.7 Å². The molecule has 0 saturated carbocycles. The Kier molecular flexibility index (Phi) is 13.0. The molecule has 10 heteroatoms. The highest BCUT2D eigenvalue weighted by molar-refractivity contribution is 14.0. The van der Waals surface area contributed by atoms with Crippen LogP contribution in [0.2, 0.25) is 0 Å². The van der Waals surface area contributed by atoms with E-state index in [0.717, 1.165) is 25.1 Å². The first-order valence-electron chi connectivity index (χ1n) is 8.08. The van der Waals surface area contributed by atoms with Crippen molar-refractivity contribution in [3.63, 3.8) is 0 Å². The third-order valence-electron chi connectivity index (χ3n) is 3.40. The normalized spacial score (nSPS) is 11.6. The zero-order valence-electron chi connectivity index (χ0n) is 15.3. The zero-order chi connectivity index (χ0) is 18.7. The van der Waals surface area contributed by atoms with E-state index < -0.39 is 15.8 Å². The molecule has 3 N–H and O–H groups in total. The van der Waals surface area contributed by atoms with Crippen molar-refractivity contribution in [1.29, 1.82) is 0 Å². The molecule has 0 unspecified atom stereocenters. The minimum atomic E-state index is -3.57. The van der Waals surface area contributed by atoms with E-state index in [1.807, 2.05) is 11.8 Å². The maximum absolute atomic E-state index is 13.5. The summed E-state index contributed by atoms with van der Waals surface area (Å²) in [4.78, 5) is 4.06. The molecule has 0 amide bonds. The van der Waals surface area contributed by atoms with E-state index in [1.165, 1.54) is 12.1 Å². The van der Waals surface area contributed by atoms with E-state index in [-0.39, 0.29) is 42.0 Å². The lowest BCUT2D eigenvalue weighted by molar-refractivity contribution is 0.599. The predicted molar refractivity (Wildman–Crippen MR) is 121 cm³/mol. The summed E-state index contributed by atoms with van der Waals surface area (Å²) < 4.78 is 40.0. The fourth-order valence-electron chi connectivity index (χ4n) is 1.99. The summed E-state index contributed by atoms with van der Waals surface area (Å²) in [6, 6.07) is 4.25. The van der Waals surface area contributed by atoms with Gasteiger partial charge in [0.2, 0.25) is 10.0 Å². The highest BCUT2D eigenvalue weighted by Gasteiger charge is 2.11. The fourth-order valence-corrected chi connectivity index (χ4v) is 3.44. The first-order chi connectivity index (χ1) is 11.9. The van der Waals surface area contributed by atoms with E-state index >= 15 is 0 Å². The lowest BCUT2D eigenvalue weighted by Crippen LogP contribution is -2.40. The van der Waals surface area contributed by atoms with Crippen LogP contribution in [0.5, 0.6) is 0 Å². The van der Waals surface area contributed by atoms with Crippen LogP contribution in [-0.2, 0) is 10.0 Å². The monoisotopic (exact) mass is 518 g/mol. The quantitative estimate of drug-likeness (QED) is 0.192. The molecule has 0 atom stereocenters. The summed E-state index contributed by atoms with van der Waals surface area (Å²) in [6.07, 6.45) is 4.23. The minimum Gasteiger partial charge on any atom is -0.356 e. The van der Waals surface area contributed by atoms with E-state index in [9.17, 15) is 12.8 Å². The van der Waals surface area contributed by atoms with Crippen LogP contribution in [0.3, 0.4) is 0 Å². The predicted octanol–water partition coefficient (Wildman–Crippen LogP) is 2.80. The molecule has 1 aromatic carbocycles. The number of rotatable bonds is 10. The number of hydrogen-bond donors (Lipinski definition) is 3. The first kappa shape index (κ1) is 25.2. The van der Waals surface area contributed by atoms with Gasteiger partial charge in [0, 0.05) is 20.1 Å². The van der Waals surface area contributed by atoms with Crippen LogP contribution in [-0.4, -0.2) is 52.3 Å². The third kappa shape index (κ3) is 10.4. The molecule has 1 rings (SSSR count). The number of thioether (sulfide) groups is 1. The summed E-state index contributed by atoms with van der Waals surface area (Å²) in [6.45, 7) is 2.61. The van der Waals surface area contributed by atoms with E-state index in [2.05, 4.69) is 26.6 Å². The van der Waals surface area contributed by atoms with Crippen LogP contribution < -0.4 is 15.4 Å². The summed E-state index contributed by atoms with van der Waals surface area (Å²) in [5, 5.41) is 6.11. The third-order valence-corrected chi connectivity index (χ3v) is 5.38. The maximum Gasteiger partial charge on any atom is 0.234 e. The average Bonchev–Trinajstić information content (AvgIpc) is 2.56. The van der Waals surface area contributed by atoms with Gasteiger partial charge in [-0.2, -0.15) is 11.8 Å². The van der Waals surface area contributed by atoms with Crippen molar-refractivity contribution in [3.8, 4) is 0 Å². The van der Waals surface area contributed by atoms with Crippen molar-refractivity contribution in [2.24, 2.45) is 4.99 Å². The number of benzene rings is 1. The molecule has 1 aromatic rings. The Labute approximate surface area is 177 Å². The number of aliphatic imine (C=N–C) groups is 1. The Morgan fingerprint density at radius 1 is 1.23 bits per heavy atom. The molecule has 150 valence electrons. The molecule has 0 saturated heterocycles. The van der Waals surface area contributed by atoms with Crippen LogP contribution in [0.25, 0.3) is 0 Å². The van der Waals surface area contributed by atoms with Crippen LogP contribution in [0.15, 0.2) is 23.2 Å². The molecular weight excluding hydrogens is 490 g/mol. The molecule has 0 bridgehead atoms. The number of nitrogens with zero attached hydrogens (tertiary/aromatic N) is 1. The number of anilines is 1. The number of halogens is 2. The highest BCUT2D eigenvalue weighted by Crippen LogP contribution is 2.14. The summed E-state index contributed by atoms with van der Waals surface area (Å²) >= 11 is 1.81. The molecule has 6 nitrogen and oxygen atoms in total. The van der Waals surface area contributed by atoms with Gasteiger partial charge in [-0.05, 0) is 49.5 Å². The van der Waals surface area contributed by atoms with Crippen molar-refractivity contribution in [2.75, 3.05) is 42.6 Å². The second kappa shape index (κ2) is 13.4. The van der Waals surface area contributed by atoms with E-state index in [0.29, 0.717) is 11.5 Å². The topological polar surface area (TPSA) is 82.6 Å². The van der Waals surface area contributed by atoms with Gasteiger partial charge >= 0.3 is 0 Å². The van der Waals surface area contributed by atoms with Gasteiger partial charge in [-0.15, -0.1) is 24.0 Å². The van der Waals surface area contributed by atoms with Gasteiger partial charge in [0.25, 0.3) is 0 Å². The van der Waals surface area contributed by atoms with E-state index in [1.54, 1.807) is 20.0 Å². The summed E-state index contributed by atoms with van der Waals surface area (Å²) in [7, 11) is -1.93. The molecule has 0 aromatic heterocycles. The van der Waals surface area contributed by atoms with Crippen LogP contribution in [0.4, 0.5) is 10.1 Å². The van der Waals surface area contributed by atoms with Gasteiger partial charge in [0.1, 0.15) is 5.82 Å². The SMILES string of the molecule is CN=C(NCCCCSC)NCCS(=O)(=O)Nc1ccc(C)c(F)c1.I. The molecule has 0 aliphatic carbocycles. The largest absolute Gasteiger partial charge is 0.356 e. The Hall–Kier alpha value is -0.750. The average molecular weight is 518 g/mol. The van der Waals surface area contributed by atoms with Crippen molar-refractivity contribution in [3.05, 3.63) is 29.6 Å². The zero-order valence-corrected chi connectivity index (χ0v) is 19.3. The molecule has 26 heavy (non-hydrogen) atoms. The van der Waals surface area contributed by atoms with Crippen molar-refractivity contribution in [1.82, 2.24) is 10.6 Å². The summed E-state index contributed by atoms with van der Waals surface area (Å²) in [5.41, 5.74) is 0.691. The number of nitrogens with one attached hydrogen (secondary N) is 3. The number of guanidine groups is 1. The number of sulfonamides is 1. The lowest BCUT2D eigenvalue weighted by atomic mass is 10.2. The van der Waals surface area contributed by atoms with Gasteiger partial charge in [-0.1, -0.05) is 6.07 Å². The maximum atomic E-state index is 13.5. The van der Waals surface area contributed by atoms with Crippen molar-refractivity contribution >= 4 is 57.4 Å². The smallest absolute Gasteiger partial charge is 0.234 e. The van der Waals surface area contributed by atoms with Crippen LogP contribution in [0.1, 0.15) is 18.4 Å². The molecule has 0 radical (unpaired) electrons. The Morgan fingerprint density at radius 3 is 2.54 bits per heavy atom. The standard InChI is InChI=1S/C16H27FN4O2S2.HI/c1-13-6-7-14(12-15(13)17)21-25(22,23)11-9-20-16(18-2)19-8-4-5-10-24-3;/h6-7,12,21H,4-5,8-11H2,1-3H3,(H2,18,19,20);1H. The van der Waals surface area contributed by atoms with E-state index in [4.69, 9.17) is 0 Å². The number of aryl methyl sites for hydroxylation is 1. The Balaban J connectivity index is 0.00000625. The minimum absolute atomic E-state index is 0. The molecule has 0 fully saturated rings. The fraction of sp³-hybridized carbons (Fsp3) is 0.562. The van der Waals surface area contributed by atoms with Gasteiger partial charge in [-0.3, -0.25) is 9.71 Å². The Morgan fingerprint density at radius 2 is 1.92 bits per heavy atom. The molecule has 0 aliphatic rings. The highest BCUT2D eigenvalue weighted by atomic mass is 127. The van der Waals surface area contributed by atoms with Gasteiger partial charge < -0.3 is 10.6 Å². The lowest BCUT2D eigenvalue weighted by Gasteiger charge is -2.13. The number of hydrogen-bond acceptors (Lipinski definition) is 4. The molecule has 0 aliphatic heterocycles. The van der Waals surface area contributed by atoms with Gasteiger partial charge in [0.15, 0.2) is 5.96 Å². The summed E-state index contributed by atoms with van der Waals surface area (Å²) in [5.74, 6) is 1.11. The second-order valence-electron chi connectivity index (χ2n) is 5.51. The molecule has 0 heterocycles. The second-order valence-corrected chi connectivity index (χ2v) is 8.34. The number of unbranched alkanes of at least 4 members (excludes halogenated alkanes) is 1. The van der Waals surface area contributed by atoms with Gasteiger partial charge in [-0.25, -0.2) is 12.8 Å². The van der Waals surface area contributed by atoms with Gasteiger partial charge in [0.05, 0.1) is 11.4 Å². The van der Waals surface area contributed by atoms with Crippen LogP contribution >= 0.6 is 35.7 Å². The Bertz CT molecular complexity index is 672. The molecule has 0 spiro atoms. The van der Waals surface area contributed by atoms with Crippen molar-refractivity contribution in [2.45, 2.75) is 19.8 Å². The molecular formula is C16H28FIN4O2S2. The first-order valence-corrected chi connectivity index (χ1v) is 11.1. The van der Waals surface area contributed by atoms with Crippen molar-refractivity contribution < 1.29 is 12.8 Å².